The third-order valence-electron chi connectivity index (χ3n) is 7.18. The summed E-state index contributed by atoms with van der Waals surface area (Å²) in [5.41, 5.74) is 2.97. The molecule has 0 saturated carbocycles. The van der Waals surface area contributed by atoms with Gasteiger partial charge in [0.25, 0.3) is 0 Å². The number of anilines is 2. The summed E-state index contributed by atoms with van der Waals surface area (Å²) in [5.74, 6) is 1.11. The Hall–Kier alpha value is -4.04. The standard InChI is InChI=1S/C27H30N6O5/c28-13-22-14-29-24(12-20(22)10-18-5-9-37-17-18)31-26(35)33-7-3-4-19-11-21(23(16-34)30-25(19)33)15-32-6-1-2-8-38-27(32)36/h11-12,14,16,18H,1-10,15,17H2,(H,29,31,35)/t18-/m0/s1. The Kier molecular flexibility index (Phi) is 7.79. The van der Waals surface area contributed by atoms with Crippen LogP contribution < -0.4 is 10.2 Å². The number of nitriles is 1. The highest BCUT2D eigenvalue weighted by atomic mass is 16.6. The molecule has 0 unspecified atom stereocenters. The average molecular weight is 519 g/mol. The fraction of sp³-hybridized carbons (Fsp3) is 0.481. The van der Waals surface area contributed by atoms with Crippen molar-refractivity contribution in [2.45, 2.75) is 45.1 Å². The third-order valence-corrected chi connectivity index (χ3v) is 7.18. The van der Waals surface area contributed by atoms with Gasteiger partial charge in [0.2, 0.25) is 0 Å². The number of urea groups is 1. The van der Waals surface area contributed by atoms with Gasteiger partial charge in [-0.05, 0) is 67.7 Å². The number of cyclic esters (lactones) is 1. The molecule has 0 aromatic carbocycles. The Bertz CT molecular complexity index is 1270. The van der Waals surface area contributed by atoms with Crippen molar-refractivity contribution in [3.05, 3.63) is 46.3 Å². The van der Waals surface area contributed by atoms with E-state index in [4.69, 9.17) is 9.47 Å². The summed E-state index contributed by atoms with van der Waals surface area (Å²) in [6, 6.07) is 5.38. The number of amides is 3. The lowest BCUT2D eigenvalue weighted by molar-refractivity contribution is 0.109. The lowest BCUT2D eigenvalue weighted by Crippen LogP contribution is -2.40. The zero-order chi connectivity index (χ0) is 26.5. The van der Waals surface area contributed by atoms with E-state index in [0.717, 1.165) is 43.4 Å². The van der Waals surface area contributed by atoms with Crippen LogP contribution >= 0.6 is 0 Å². The number of carbonyl (C=O) groups excluding carboxylic acids is 3. The number of fused-ring (bicyclic) bond motifs is 1. The van der Waals surface area contributed by atoms with Crippen LogP contribution in [0.1, 0.15) is 58.4 Å². The molecule has 0 aliphatic carbocycles. The topological polar surface area (TPSA) is 138 Å². The lowest BCUT2D eigenvalue weighted by atomic mass is 9.96. The Balaban J connectivity index is 1.35. The number of ether oxygens (including phenoxy) is 2. The summed E-state index contributed by atoms with van der Waals surface area (Å²) in [6.45, 7) is 2.98. The van der Waals surface area contributed by atoms with Gasteiger partial charge in [0.1, 0.15) is 23.4 Å². The van der Waals surface area contributed by atoms with Crippen molar-refractivity contribution >= 4 is 30.0 Å². The quantitative estimate of drug-likeness (QED) is 0.574. The molecule has 2 saturated heterocycles. The molecule has 0 bridgehead atoms. The predicted octanol–water partition coefficient (Wildman–Crippen LogP) is 3.46. The van der Waals surface area contributed by atoms with Gasteiger partial charge in [-0.15, -0.1) is 0 Å². The van der Waals surface area contributed by atoms with E-state index < -0.39 is 12.1 Å². The van der Waals surface area contributed by atoms with Crippen LogP contribution in [0.5, 0.6) is 0 Å². The van der Waals surface area contributed by atoms with Crippen molar-refractivity contribution in [3.8, 4) is 6.07 Å². The molecule has 3 aliphatic heterocycles. The summed E-state index contributed by atoms with van der Waals surface area (Å²) >= 11 is 0. The predicted molar refractivity (Wildman–Crippen MR) is 137 cm³/mol. The second kappa shape index (κ2) is 11.6. The monoisotopic (exact) mass is 518 g/mol. The minimum Gasteiger partial charge on any atom is -0.449 e. The average Bonchev–Trinajstić information content (AvgIpc) is 3.36. The van der Waals surface area contributed by atoms with Gasteiger partial charge in [-0.1, -0.05) is 0 Å². The van der Waals surface area contributed by atoms with Crippen LogP contribution in [0.4, 0.5) is 21.2 Å². The van der Waals surface area contributed by atoms with Crippen LogP contribution in [0.2, 0.25) is 0 Å². The molecule has 198 valence electrons. The van der Waals surface area contributed by atoms with Crippen molar-refractivity contribution in [1.29, 1.82) is 5.26 Å². The molecule has 1 atom stereocenters. The van der Waals surface area contributed by atoms with Crippen LogP contribution in [-0.2, 0) is 28.9 Å². The fourth-order valence-electron chi connectivity index (χ4n) is 5.15. The van der Waals surface area contributed by atoms with Crippen molar-refractivity contribution in [2.75, 3.05) is 43.1 Å². The number of nitrogens with zero attached hydrogens (tertiary/aromatic N) is 5. The van der Waals surface area contributed by atoms with E-state index in [9.17, 15) is 19.6 Å². The number of pyridine rings is 2. The first-order chi connectivity index (χ1) is 18.6. The highest BCUT2D eigenvalue weighted by Gasteiger charge is 2.28. The number of aryl methyl sites for hydroxylation is 1. The Morgan fingerprint density at radius 2 is 2.11 bits per heavy atom. The smallest absolute Gasteiger partial charge is 0.410 e. The van der Waals surface area contributed by atoms with Gasteiger partial charge in [0, 0.05) is 38.1 Å². The van der Waals surface area contributed by atoms with Crippen LogP contribution in [0, 0.1) is 17.2 Å². The molecule has 11 nitrogen and oxygen atoms in total. The fourth-order valence-corrected chi connectivity index (χ4v) is 5.15. The van der Waals surface area contributed by atoms with Gasteiger partial charge in [0.15, 0.2) is 6.29 Å². The number of hydrogen-bond acceptors (Lipinski definition) is 8. The van der Waals surface area contributed by atoms with Gasteiger partial charge >= 0.3 is 12.1 Å². The summed E-state index contributed by atoms with van der Waals surface area (Å²) in [6.07, 6.45) is 6.41. The van der Waals surface area contributed by atoms with E-state index in [0.29, 0.717) is 74.1 Å². The van der Waals surface area contributed by atoms with Gasteiger partial charge in [-0.2, -0.15) is 5.26 Å². The molecule has 3 aliphatic rings. The number of aldehydes is 1. The number of carbonyl (C=O) groups is 3. The molecular weight excluding hydrogens is 488 g/mol. The first-order valence-corrected chi connectivity index (χ1v) is 13.0. The van der Waals surface area contributed by atoms with Gasteiger partial charge in [0.05, 0.1) is 18.7 Å². The number of rotatable bonds is 6. The van der Waals surface area contributed by atoms with E-state index >= 15 is 0 Å². The molecular formula is C27H30N6O5. The molecule has 2 aromatic heterocycles. The molecule has 1 N–H and O–H groups in total. The van der Waals surface area contributed by atoms with E-state index in [1.54, 1.807) is 11.0 Å². The van der Waals surface area contributed by atoms with Gasteiger partial charge in [-0.3, -0.25) is 15.0 Å². The second-order valence-electron chi connectivity index (χ2n) is 9.83. The summed E-state index contributed by atoms with van der Waals surface area (Å²) in [4.78, 5) is 49.5. The highest BCUT2D eigenvalue weighted by molar-refractivity contribution is 6.01. The van der Waals surface area contributed by atoms with Crippen molar-refractivity contribution in [2.24, 2.45) is 5.92 Å². The minimum absolute atomic E-state index is 0.193. The summed E-state index contributed by atoms with van der Waals surface area (Å²) in [7, 11) is 0. The van der Waals surface area contributed by atoms with Crippen LogP contribution in [-0.4, -0.2) is 66.2 Å². The van der Waals surface area contributed by atoms with Crippen molar-refractivity contribution < 1.29 is 23.9 Å². The Morgan fingerprint density at radius 1 is 1.21 bits per heavy atom. The molecule has 2 aromatic rings. The molecule has 5 heterocycles. The molecule has 0 radical (unpaired) electrons. The van der Waals surface area contributed by atoms with Gasteiger partial charge in [-0.25, -0.2) is 19.6 Å². The van der Waals surface area contributed by atoms with Crippen LogP contribution in [0.25, 0.3) is 0 Å². The van der Waals surface area contributed by atoms with Crippen LogP contribution in [0.3, 0.4) is 0 Å². The molecule has 2 fully saturated rings. The first-order valence-electron chi connectivity index (χ1n) is 13.0. The van der Waals surface area contributed by atoms with Crippen molar-refractivity contribution in [1.82, 2.24) is 14.9 Å². The minimum atomic E-state index is -0.411. The number of hydrogen-bond donors (Lipinski definition) is 1. The molecule has 38 heavy (non-hydrogen) atoms. The molecule has 11 heteroatoms. The number of nitrogens with one attached hydrogen (secondary N) is 1. The zero-order valence-electron chi connectivity index (χ0n) is 21.1. The lowest BCUT2D eigenvalue weighted by Gasteiger charge is -2.29. The van der Waals surface area contributed by atoms with E-state index in [2.05, 4.69) is 21.4 Å². The molecule has 5 rings (SSSR count). The SMILES string of the molecule is N#Cc1cnc(NC(=O)N2CCCc3cc(CN4CCCCOC4=O)c(C=O)nc32)cc1C[C@@H]1CCOC1. The summed E-state index contributed by atoms with van der Waals surface area (Å²) < 4.78 is 10.7. The normalized spacial score (nSPS) is 19.2. The Labute approximate surface area is 220 Å². The third kappa shape index (κ3) is 5.60. The highest BCUT2D eigenvalue weighted by Crippen LogP contribution is 2.29. The zero-order valence-corrected chi connectivity index (χ0v) is 21.1. The summed E-state index contributed by atoms with van der Waals surface area (Å²) in [5, 5.41) is 12.3. The van der Waals surface area contributed by atoms with E-state index in [1.807, 2.05) is 6.07 Å². The largest absolute Gasteiger partial charge is 0.449 e. The maximum Gasteiger partial charge on any atom is 0.410 e. The Morgan fingerprint density at radius 3 is 2.89 bits per heavy atom. The van der Waals surface area contributed by atoms with Gasteiger partial charge < -0.3 is 14.4 Å². The van der Waals surface area contributed by atoms with E-state index in [-0.39, 0.29) is 12.2 Å². The van der Waals surface area contributed by atoms with Crippen LogP contribution in [0.15, 0.2) is 18.3 Å². The second-order valence-corrected chi connectivity index (χ2v) is 9.83. The molecule has 3 amide bonds. The maximum atomic E-state index is 13.3. The van der Waals surface area contributed by atoms with Crippen molar-refractivity contribution in [3.63, 3.8) is 0 Å². The molecule has 0 spiro atoms. The number of aromatic nitrogens is 2. The maximum absolute atomic E-state index is 13.3. The first kappa shape index (κ1) is 25.6. The van der Waals surface area contributed by atoms with E-state index in [1.165, 1.54) is 11.1 Å².